The lowest BCUT2D eigenvalue weighted by molar-refractivity contribution is -0.121. The number of carbonyl (C=O) groups is 3. The zero-order valence-corrected chi connectivity index (χ0v) is 15.3. The van der Waals surface area contributed by atoms with E-state index in [1.54, 1.807) is 23.1 Å². The van der Waals surface area contributed by atoms with Crippen molar-refractivity contribution in [3.05, 3.63) is 41.6 Å². The highest BCUT2D eigenvalue weighted by Gasteiger charge is 2.29. The number of amides is 2. The maximum absolute atomic E-state index is 12.5. The Balaban J connectivity index is 1.55. The molecule has 9 nitrogen and oxygen atoms in total. The van der Waals surface area contributed by atoms with Crippen LogP contribution in [0.15, 0.2) is 28.9 Å². The van der Waals surface area contributed by atoms with E-state index in [2.05, 4.69) is 4.98 Å². The van der Waals surface area contributed by atoms with Crippen LogP contribution in [0.25, 0.3) is 0 Å². The van der Waals surface area contributed by atoms with Gasteiger partial charge in [-0.2, -0.15) is 0 Å². The zero-order chi connectivity index (χ0) is 19.7. The van der Waals surface area contributed by atoms with E-state index in [1.165, 1.54) is 18.1 Å². The molecule has 2 aromatic rings. The number of morpholine rings is 1. The molecule has 4 rings (SSSR count). The number of ketones is 1. The summed E-state index contributed by atoms with van der Waals surface area (Å²) in [7, 11) is 0. The summed E-state index contributed by atoms with van der Waals surface area (Å²) in [6, 6.07) is 4.92. The van der Waals surface area contributed by atoms with E-state index in [9.17, 15) is 14.4 Å². The lowest BCUT2D eigenvalue weighted by Gasteiger charge is -2.28. The van der Waals surface area contributed by atoms with Crippen LogP contribution in [-0.4, -0.2) is 60.4 Å². The second-order valence-corrected chi connectivity index (χ2v) is 6.54. The molecule has 1 saturated heterocycles. The molecule has 0 atom stereocenters. The minimum atomic E-state index is -0.285. The summed E-state index contributed by atoms with van der Waals surface area (Å²) in [5.74, 6) is 0.0976. The molecule has 28 heavy (non-hydrogen) atoms. The van der Waals surface area contributed by atoms with Crippen LogP contribution in [0.3, 0.4) is 0 Å². The summed E-state index contributed by atoms with van der Waals surface area (Å²) in [6.45, 7) is 3.37. The van der Waals surface area contributed by atoms with E-state index >= 15 is 0 Å². The number of aromatic nitrogens is 1. The molecule has 2 aliphatic heterocycles. The minimum absolute atomic E-state index is 0.0347. The molecule has 3 heterocycles. The van der Waals surface area contributed by atoms with Gasteiger partial charge in [0.2, 0.25) is 5.89 Å². The number of Topliss-reactive ketones (excluding diaryl/α,β-unsaturated/α-hetero) is 1. The minimum Gasteiger partial charge on any atom is -0.482 e. The third-order valence-electron chi connectivity index (χ3n) is 4.67. The van der Waals surface area contributed by atoms with Crippen LogP contribution in [0, 0.1) is 0 Å². The van der Waals surface area contributed by atoms with Crippen LogP contribution < -0.4 is 9.64 Å². The van der Waals surface area contributed by atoms with E-state index in [-0.39, 0.29) is 42.3 Å². The first kappa shape index (κ1) is 18.2. The molecular formula is C19H19N3O6. The Morgan fingerprint density at radius 3 is 2.75 bits per heavy atom. The van der Waals surface area contributed by atoms with Gasteiger partial charge < -0.3 is 18.8 Å². The van der Waals surface area contributed by atoms with Crippen LogP contribution >= 0.6 is 0 Å². The standard InChI is InChI=1S/C19H19N3O6/c1-12(23)13-2-3-16-15(8-13)22(18(24)11-27-16)9-17-20-14(10-28-17)19(25)21-4-6-26-7-5-21/h2-3,8,10H,4-7,9,11H2,1H3. The molecule has 2 amide bonds. The van der Waals surface area contributed by atoms with Crippen molar-refractivity contribution in [2.75, 3.05) is 37.8 Å². The number of nitrogens with zero attached hydrogens (tertiary/aromatic N) is 3. The largest absolute Gasteiger partial charge is 0.482 e. The predicted octanol–water partition coefficient (Wildman–Crippen LogP) is 1.28. The van der Waals surface area contributed by atoms with Gasteiger partial charge in [-0.25, -0.2) is 4.98 Å². The fraction of sp³-hybridized carbons (Fsp3) is 0.368. The molecule has 0 spiro atoms. The topological polar surface area (TPSA) is 102 Å². The van der Waals surface area contributed by atoms with E-state index in [4.69, 9.17) is 13.9 Å². The molecule has 0 aliphatic carbocycles. The van der Waals surface area contributed by atoms with Crippen molar-refractivity contribution in [2.24, 2.45) is 0 Å². The van der Waals surface area contributed by atoms with Crippen LogP contribution in [-0.2, 0) is 16.1 Å². The van der Waals surface area contributed by atoms with Gasteiger partial charge in [0.15, 0.2) is 18.1 Å². The molecule has 1 aromatic heterocycles. The van der Waals surface area contributed by atoms with Gasteiger partial charge in [0.1, 0.15) is 18.6 Å². The fourth-order valence-corrected chi connectivity index (χ4v) is 3.14. The Kier molecular flexibility index (Phi) is 4.82. The highest BCUT2D eigenvalue weighted by molar-refractivity contribution is 6.01. The molecule has 1 aromatic carbocycles. The summed E-state index contributed by atoms with van der Waals surface area (Å²) in [5, 5.41) is 0. The van der Waals surface area contributed by atoms with E-state index in [0.717, 1.165) is 0 Å². The quantitative estimate of drug-likeness (QED) is 0.731. The highest BCUT2D eigenvalue weighted by Crippen LogP contribution is 2.34. The molecule has 0 bridgehead atoms. The number of ether oxygens (including phenoxy) is 2. The molecule has 0 unspecified atom stereocenters. The monoisotopic (exact) mass is 385 g/mol. The molecule has 9 heteroatoms. The fourth-order valence-electron chi connectivity index (χ4n) is 3.14. The Morgan fingerprint density at radius 2 is 2.00 bits per heavy atom. The van der Waals surface area contributed by atoms with Crippen molar-refractivity contribution in [1.29, 1.82) is 0 Å². The Morgan fingerprint density at radius 1 is 1.21 bits per heavy atom. The first-order chi connectivity index (χ1) is 13.5. The van der Waals surface area contributed by atoms with Crippen molar-refractivity contribution < 1.29 is 28.3 Å². The normalized spacial score (nSPS) is 16.5. The van der Waals surface area contributed by atoms with Crippen molar-refractivity contribution in [3.8, 4) is 5.75 Å². The van der Waals surface area contributed by atoms with Gasteiger partial charge >= 0.3 is 0 Å². The van der Waals surface area contributed by atoms with E-state index in [0.29, 0.717) is 43.3 Å². The van der Waals surface area contributed by atoms with Crippen molar-refractivity contribution in [2.45, 2.75) is 13.5 Å². The van der Waals surface area contributed by atoms with Crippen LogP contribution in [0.4, 0.5) is 5.69 Å². The number of rotatable bonds is 4. The van der Waals surface area contributed by atoms with Crippen molar-refractivity contribution >= 4 is 23.3 Å². The number of carbonyl (C=O) groups excluding carboxylic acids is 3. The molecule has 1 fully saturated rings. The second-order valence-electron chi connectivity index (χ2n) is 6.54. The number of oxazole rings is 1. The van der Waals surface area contributed by atoms with Gasteiger partial charge in [-0.15, -0.1) is 0 Å². The number of hydrogen-bond acceptors (Lipinski definition) is 7. The maximum atomic E-state index is 12.5. The highest BCUT2D eigenvalue weighted by atomic mass is 16.5. The average molecular weight is 385 g/mol. The van der Waals surface area contributed by atoms with Gasteiger partial charge in [0, 0.05) is 18.7 Å². The van der Waals surface area contributed by atoms with E-state index < -0.39 is 0 Å². The molecule has 0 radical (unpaired) electrons. The lowest BCUT2D eigenvalue weighted by atomic mass is 10.1. The van der Waals surface area contributed by atoms with Crippen molar-refractivity contribution in [1.82, 2.24) is 9.88 Å². The number of hydrogen-bond donors (Lipinski definition) is 0. The van der Waals surface area contributed by atoms with Gasteiger partial charge in [0.25, 0.3) is 11.8 Å². The van der Waals surface area contributed by atoms with Crippen LogP contribution in [0.5, 0.6) is 5.75 Å². The Hall–Kier alpha value is -3.20. The molecular weight excluding hydrogens is 366 g/mol. The Labute approximate surface area is 160 Å². The Bertz CT molecular complexity index is 932. The number of benzene rings is 1. The molecule has 146 valence electrons. The number of fused-ring (bicyclic) bond motifs is 1. The van der Waals surface area contributed by atoms with Gasteiger partial charge in [-0.3, -0.25) is 19.3 Å². The summed E-state index contributed by atoms with van der Waals surface area (Å²) in [5.41, 5.74) is 1.14. The van der Waals surface area contributed by atoms with Crippen molar-refractivity contribution in [3.63, 3.8) is 0 Å². The molecule has 0 N–H and O–H groups in total. The third-order valence-corrected chi connectivity index (χ3v) is 4.67. The summed E-state index contributed by atoms with van der Waals surface area (Å²) in [4.78, 5) is 43.9. The number of anilines is 1. The second kappa shape index (κ2) is 7.43. The first-order valence-corrected chi connectivity index (χ1v) is 8.92. The smallest absolute Gasteiger partial charge is 0.275 e. The SMILES string of the molecule is CC(=O)c1ccc2c(c1)N(Cc1nc(C(=O)N3CCOCC3)co1)C(=O)CO2. The lowest BCUT2D eigenvalue weighted by Crippen LogP contribution is -2.41. The average Bonchev–Trinajstić information content (AvgIpc) is 3.18. The van der Waals surface area contributed by atoms with E-state index in [1.807, 2.05) is 0 Å². The first-order valence-electron chi connectivity index (χ1n) is 8.92. The van der Waals surface area contributed by atoms with Crippen LogP contribution in [0.1, 0.15) is 33.7 Å². The van der Waals surface area contributed by atoms with Gasteiger partial charge in [-0.1, -0.05) is 0 Å². The maximum Gasteiger partial charge on any atom is 0.275 e. The summed E-state index contributed by atoms with van der Waals surface area (Å²) >= 11 is 0. The molecule has 2 aliphatic rings. The zero-order valence-electron chi connectivity index (χ0n) is 15.3. The third kappa shape index (κ3) is 3.48. The van der Waals surface area contributed by atoms with Gasteiger partial charge in [-0.05, 0) is 25.1 Å². The summed E-state index contributed by atoms with van der Waals surface area (Å²) in [6.07, 6.45) is 1.30. The summed E-state index contributed by atoms with van der Waals surface area (Å²) < 4.78 is 16.1. The predicted molar refractivity (Wildman–Crippen MR) is 96.4 cm³/mol. The molecule has 0 saturated carbocycles. The van der Waals surface area contributed by atoms with Crippen LogP contribution in [0.2, 0.25) is 0 Å². The van der Waals surface area contributed by atoms with Gasteiger partial charge in [0.05, 0.1) is 18.9 Å².